The van der Waals surface area contributed by atoms with E-state index in [1.54, 1.807) is 23.5 Å². The van der Waals surface area contributed by atoms with Crippen molar-refractivity contribution in [2.45, 2.75) is 19.5 Å². The van der Waals surface area contributed by atoms with Gasteiger partial charge in [-0.3, -0.25) is 10.1 Å². The van der Waals surface area contributed by atoms with Crippen molar-refractivity contribution in [3.8, 4) is 0 Å². The molecule has 0 aliphatic heterocycles. The van der Waals surface area contributed by atoms with Gasteiger partial charge in [0, 0.05) is 23.6 Å². The first-order valence-electron chi connectivity index (χ1n) is 7.96. The fourth-order valence-corrected chi connectivity index (χ4v) is 3.15. The van der Waals surface area contributed by atoms with Gasteiger partial charge < -0.3 is 10.6 Å². The van der Waals surface area contributed by atoms with E-state index < -0.39 is 4.92 Å². The molecule has 2 rings (SSSR count). The van der Waals surface area contributed by atoms with E-state index >= 15 is 0 Å². The van der Waals surface area contributed by atoms with Gasteiger partial charge in [0.25, 0.3) is 5.69 Å². The molecule has 0 bridgehead atoms. The smallest absolute Gasteiger partial charge is 0.269 e. The second kappa shape index (κ2) is 10.7. The monoisotopic (exact) mass is 378 g/mol. The Labute approximate surface area is 155 Å². The van der Waals surface area contributed by atoms with Crippen LogP contribution in [-0.4, -0.2) is 29.4 Å². The van der Waals surface area contributed by atoms with Crippen LogP contribution in [0.2, 0.25) is 0 Å². The number of thiophene rings is 1. The number of nitrogens with one attached hydrogen (secondary N) is 2. The lowest BCUT2D eigenvalue weighted by Crippen LogP contribution is -2.37. The van der Waals surface area contributed by atoms with Crippen LogP contribution in [-0.2, 0) is 13.1 Å². The highest BCUT2D eigenvalue weighted by Gasteiger charge is 2.04. The summed E-state index contributed by atoms with van der Waals surface area (Å²) < 4.78 is 0. The number of rotatable bonds is 9. The van der Waals surface area contributed by atoms with Crippen molar-refractivity contribution in [3.05, 3.63) is 62.3 Å². The molecule has 1 aromatic carbocycles. The van der Waals surface area contributed by atoms with Crippen LogP contribution in [0.15, 0.2) is 46.8 Å². The Morgan fingerprint density at radius 2 is 2.08 bits per heavy atom. The Morgan fingerprint density at radius 3 is 2.72 bits per heavy atom. The van der Waals surface area contributed by atoms with E-state index in [9.17, 15) is 10.1 Å². The molecule has 0 atom stereocenters. The molecule has 134 valence electrons. The van der Waals surface area contributed by atoms with Crippen LogP contribution in [0.4, 0.5) is 5.69 Å². The molecule has 2 N–H and O–H groups in total. The number of hydrogen-bond acceptors (Lipinski definition) is 5. The maximum atomic E-state index is 10.7. The molecule has 0 unspecified atom stereocenters. The molecule has 8 heteroatoms. The molecule has 6 nitrogen and oxygen atoms in total. The summed E-state index contributed by atoms with van der Waals surface area (Å²) in [5, 5.41) is 19.4. The van der Waals surface area contributed by atoms with Crippen LogP contribution >= 0.6 is 23.1 Å². The normalized spacial score (nSPS) is 11.3. The van der Waals surface area contributed by atoms with E-state index in [2.05, 4.69) is 33.3 Å². The van der Waals surface area contributed by atoms with Gasteiger partial charge in [-0.2, -0.15) is 11.8 Å². The van der Waals surface area contributed by atoms with Crippen molar-refractivity contribution in [1.82, 2.24) is 10.6 Å². The first kappa shape index (κ1) is 19.3. The van der Waals surface area contributed by atoms with Crippen molar-refractivity contribution >= 4 is 34.7 Å². The van der Waals surface area contributed by atoms with E-state index in [4.69, 9.17) is 0 Å². The quantitative estimate of drug-likeness (QED) is 0.229. The van der Waals surface area contributed by atoms with Crippen molar-refractivity contribution in [1.29, 1.82) is 0 Å². The number of thioether (sulfide) groups is 1. The lowest BCUT2D eigenvalue weighted by Gasteiger charge is -2.12. The minimum Gasteiger partial charge on any atom is -0.356 e. The van der Waals surface area contributed by atoms with E-state index in [1.165, 1.54) is 17.0 Å². The summed E-state index contributed by atoms with van der Waals surface area (Å²) in [6.45, 7) is 2.06. The molecule has 0 amide bonds. The second-order valence-corrected chi connectivity index (χ2v) is 7.31. The third-order valence-corrected chi connectivity index (χ3v) is 4.97. The predicted octanol–water partition coefficient (Wildman–Crippen LogP) is 3.64. The fraction of sp³-hybridized carbons (Fsp3) is 0.353. The highest BCUT2D eigenvalue weighted by Crippen LogP contribution is 2.12. The SMILES string of the molecule is CSCCCNC(=NCc1ccc([N+](=O)[O-])cc1)NCc1cccs1. The van der Waals surface area contributed by atoms with Gasteiger partial charge in [-0.25, -0.2) is 4.99 Å². The molecule has 0 spiro atoms. The molecule has 0 radical (unpaired) electrons. The molecule has 0 saturated heterocycles. The number of hydrogen-bond donors (Lipinski definition) is 2. The molecule has 1 aromatic heterocycles. The highest BCUT2D eigenvalue weighted by atomic mass is 32.2. The number of non-ortho nitro benzene ring substituents is 1. The van der Waals surface area contributed by atoms with Crippen LogP contribution in [0.5, 0.6) is 0 Å². The third kappa shape index (κ3) is 7.15. The van der Waals surface area contributed by atoms with Crippen LogP contribution in [0, 0.1) is 10.1 Å². The Morgan fingerprint density at radius 1 is 1.28 bits per heavy atom. The summed E-state index contributed by atoms with van der Waals surface area (Å²) in [6, 6.07) is 10.6. The van der Waals surface area contributed by atoms with Gasteiger partial charge in [-0.05, 0) is 35.4 Å². The van der Waals surface area contributed by atoms with Crippen molar-refractivity contribution in [2.24, 2.45) is 4.99 Å². The summed E-state index contributed by atoms with van der Waals surface area (Å²) in [4.78, 5) is 16.1. The largest absolute Gasteiger partial charge is 0.356 e. The lowest BCUT2D eigenvalue weighted by atomic mass is 10.2. The highest BCUT2D eigenvalue weighted by molar-refractivity contribution is 7.98. The van der Waals surface area contributed by atoms with Gasteiger partial charge in [0.1, 0.15) is 0 Å². The van der Waals surface area contributed by atoms with Gasteiger partial charge >= 0.3 is 0 Å². The van der Waals surface area contributed by atoms with Crippen molar-refractivity contribution in [2.75, 3.05) is 18.6 Å². The Bertz CT molecular complexity index is 672. The summed E-state index contributed by atoms with van der Waals surface area (Å²) >= 11 is 3.53. The fourth-order valence-electron chi connectivity index (χ4n) is 2.08. The number of guanidine groups is 1. The average Bonchev–Trinajstić information content (AvgIpc) is 3.14. The van der Waals surface area contributed by atoms with Gasteiger partial charge in [0.05, 0.1) is 18.0 Å². The molecule has 0 fully saturated rings. The molecule has 2 aromatic rings. The summed E-state index contributed by atoms with van der Waals surface area (Å²) in [5.74, 6) is 1.86. The van der Waals surface area contributed by atoms with Crippen molar-refractivity contribution < 1.29 is 4.92 Å². The third-order valence-electron chi connectivity index (χ3n) is 3.39. The molecular formula is C17H22N4O2S2. The minimum atomic E-state index is -0.394. The van der Waals surface area contributed by atoms with Crippen LogP contribution < -0.4 is 10.6 Å². The van der Waals surface area contributed by atoms with Crippen LogP contribution in [0.3, 0.4) is 0 Å². The summed E-state index contributed by atoms with van der Waals surface area (Å²) in [7, 11) is 0. The summed E-state index contributed by atoms with van der Waals surface area (Å²) in [6.07, 6.45) is 3.16. The van der Waals surface area contributed by atoms with Gasteiger partial charge in [-0.1, -0.05) is 18.2 Å². The Balaban J connectivity index is 1.93. The van der Waals surface area contributed by atoms with Crippen LogP contribution in [0.1, 0.15) is 16.9 Å². The predicted molar refractivity (Wildman–Crippen MR) is 106 cm³/mol. The van der Waals surface area contributed by atoms with E-state index in [-0.39, 0.29) is 5.69 Å². The van der Waals surface area contributed by atoms with Gasteiger partial charge in [-0.15, -0.1) is 11.3 Å². The van der Waals surface area contributed by atoms with Gasteiger partial charge in [0.15, 0.2) is 5.96 Å². The zero-order valence-corrected chi connectivity index (χ0v) is 15.7. The molecule has 0 aliphatic rings. The molecule has 25 heavy (non-hydrogen) atoms. The number of nitrogens with zero attached hydrogens (tertiary/aromatic N) is 2. The number of benzene rings is 1. The van der Waals surface area contributed by atoms with E-state index in [1.807, 2.05) is 17.8 Å². The maximum absolute atomic E-state index is 10.7. The number of nitro groups is 1. The Hall–Kier alpha value is -2.06. The maximum Gasteiger partial charge on any atom is 0.269 e. The first-order valence-corrected chi connectivity index (χ1v) is 10.2. The molecular weight excluding hydrogens is 356 g/mol. The van der Waals surface area contributed by atoms with Gasteiger partial charge in [0.2, 0.25) is 0 Å². The number of aliphatic imine (C=N–C) groups is 1. The zero-order chi connectivity index (χ0) is 17.9. The van der Waals surface area contributed by atoms with E-state index in [0.717, 1.165) is 36.8 Å². The Kier molecular flexibility index (Phi) is 8.27. The first-order chi connectivity index (χ1) is 12.2. The second-order valence-electron chi connectivity index (χ2n) is 5.29. The molecule has 1 heterocycles. The zero-order valence-electron chi connectivity index (χ0n) is 14.1. The minimum absolute atomic E-state index is 0.0963. The average molecular weight is 379 g/mol. The van der Waals surface area contributed by atoms with Crippen molar-refractivity contribution in [3.63, 3.8) is 0 Å². The van der Waals surface area contributed by atoms with E-state index in [0.29, 0.717) is 6.54 Å². The van der Waals surface area contributed by atoms with Crippen LogP contribution in [0.25, 0.3) is 0 Å². The molecule has 0 aliphatic carbocycles. The number of nitro benzene ring substituents is 1. The standard InChI is InChI=1S/C17H22N4O2S2/c1-24-10-3-9-18-17(20-13-16-4-2-11-25-16)19-12-14-5-7-15(8-6-14)21(22)23/h2,4-8,11H,3,9-10,12-13H2,1H3,(H2,18,19,20). The lowest BCUT2D eigenvalue weighted by molar-refractivity contribution is -0.384. The molecule has 0 saturated carbocycles. The summed E-state index contributed by atoms with van der Waals surface area (Å²) in [5.41, 5.74) is 1.03. The topological polar surface area (TPSA) is 79.6 Å².